The number of benzene rings is 2. The average molecular weight is 325 g/mol. The lowest BCUT2D eigenvalue weighted by Gasteiger charge is -2.19. The van der Waals surface area contributed by atoms with Crippen molar-refractivity contribution in [2.75, 3.05) is 25.2 Å². The summed E-state index contributed by atoms with van der Waals surface area (Å²) in [6, 6.07) is 13.4. The van der Waals surface area contributed by atoms with E-state index in [-0.39, 0.29) is 5.91 Å². The molecule has 0 spiro atoms. The van der Waals surface area contributed by atoms with Gasteiger partial charge < -0.3 is 14.4 Å². The third kappa shape index (κ3) is 3.23. The summed E-state index contributed by atoms with van der Waals surface area (Å²) in [6.07, 6.45) is 0.897. The van der Waals surface area contributed by atoms with E-state index in [4.69, 9.17) is 9.47 Å². The molecule has 2 aromatic carbocycles. The van der Waals surface area contributed by atoms with Crippen LogP contribution in [0.1, 0.15) is 29.8 Å². The minimum atomic E-state index is -0.00587. The molecular formula is C20H23NO3. The van der Waals surface area contributed by atoms with Gasteiger partial charge >= 0.3 is 0 Å². The third-order valence-corrected chi connectivity index (χ3v) is 4.12. The Kier molecular flexibility index (Phi) is 4.74. The maximum absolute atomic E-state index is 12.9. The summed E-state index contributed by atoms with van der Waals surface area (Å²) in [4.78, 5) is 14.7. The van der Waals surface area contributed by atoms with Crippen LogP contribution in [0, 0.1) is 5.92 Å². The lowest BCUT2D eigenvalue weighted by atomic mass is 10.1. The maximum atomic E-state index is 12.9. The number of para-hydroxylation sites is 1. The SMILES string of the molecule is COc1cc(C(=O)N2CCc3ccccc32)ccc1OCC(C)C. The van der Waals surface area contributed by atoms with Gasteiger partial charge in [0.25, 0.3) is 5.91 Å². The molecule has 126 valence electrons. The quantitative estimate of drug-likeness (QED) is 0.836. The highest BCUT2D eigenvalue weighted by Crippen LogP contribution is 2.32. The van der Waals surface area contributed by atoms with Gasteiger partial charge in [-0.2, -0.15) is 0 Å². The van der Waals surface area contributed by atoms with Crippen LogP contribution in [0.5, 0.6) is 11.5 Å². The fourth-order valence-corrected chi connectivity index (χ4v) is 2.88. The second-order valence-corrected chi connectivity index (χ2v) is 6.41. The van der Waals surface area contributed by atoms with E-state index in [1.807, 2.05) is 29.2 Å². The molecule has 1 amide bonds. The van der Waals surface area contributed by atoms with Crippen molar-refractivity contribution in [1.29, 1.82) is 0 Å². The number of carbonyl (C=O) groups is 1. The highest BCUT2D eigenvalue weighted by molar-refractivity contribution is 6.07. The average Bonchev–Trinajstić information content (AvgIpc) is 3.03. The van der Waals surface area contributed by atoms with E-state index < -0.39 is 0 Å². The van der Waals surface area contributed by atoms with E-state index in [2.05, 4.69) is 19.9 Å². The van der Waals surface area contributed by atoms with Crippen LogP contribution in [0.3, 0.4) is 0 Å². The Bertz CT molecular complexity index is 739. The first-order chi connectivity index (χ1) is 11.6. The van der Waals surface area contributed by atoms with Gasteiger partial charge in [0.1, 0.15) is 0 Å². The molecule has 0 bridgehead atoms. The van der Waals surface area contributed by atoms with Crippen LogP contribution in [0.15, 0.2) is 42.5 Å². The first-order valence-electron chi connectivity index (χ1n) is 8.30. The van der Waals surface area contributed by atoms with Crippen LogP contribution in [0.4, 0.5) is 5.69 Å². The van der Waals surface area contributed by atoms with Gasteiger partial charge in [0.05, 0.1) is 13.7 Å². The van der Waals surface area contributed by atoms with Gasteiger partial charge in [-0.15, -0.1) is 0 Å². The Hall–Kier alpha value is -2.49. The van der Waals surface area contributed by atoms with Crippen LogP contribution in [0.2, 0.25) is 0 Å². The van der Waals surface area contributed by atoms with Crippen molar-refractivity contribution >= 4 is 11.6 Å². The summed E-state index contributed by atoms with van der Waals surface area (Å²) < 4.78 is 11.2. The molecule has 0 aromatic heterocycles. The standard InChI is InChI=1S/C20H23NO3/c1-14(2)13-24-18-9-8-16(12-19(18)23-3)20(22)21-11-10-15-6-4-5-7-17(15)21/h4-9,12,14H,10-11,13H2,1-3H3. The van der Waals surface area contributed by atoms with Crippen molar-refractivity contribution in [1.82, 2.24) is 0 Å². The monoisotopic (exact) mass is 325 g/mol. The van der Waals surface area contributed by atoms with Crippen LogP contribution >= 0.6 is 0 Å². The third-order valence-electron chi connectivity index (χ3n) is 4.12. The minimum Gasteiger partial charge on any atom is -0.493 e. The molecule has 0 saturated heterocycles. The van der Waals surface area contributed by atoms with E-state index in [1.165, 1.54) is 5.56 Å². The molecule has 0 N–H and O–H groups in total. The lowest BCUT2D eigenvalue weighted by Crippen LogP contribution is -2.28. The van der Waals surface area contributed by atoms with Gasteiger partial charge in [-0.1, -0.05) is 32.0 Å². The van der Waals surface area contributed by atoms with Crippen molar-refractivity contribution < 1.29 is 14.3 Å². The number of ether oxygens (including phenoxy) is 2. The molecular weight excluding hydrogens is 302 g/mol. The van der Waals surface area contributed by atoms with Crippen LogP contribution < -0.4 is 14.4 Å². The number of carbonyl (C=O) groups excluding carboxylic acids is 1. The molecule has 1 aliphatic rings. The fourth-order valence-electron chi connectivity index (χ4n) is 2.88. The van der Waals surface area contributed by atoms with Crippen molar-refractivity contribution in [2.45, 2.75) is 20.3 Å². The molecule has 3 rings (SSSR count). The number of hydrogen-bond donors (Lipinski definition) is 0. The van der Waals surface area contributed by atoms with Gasteiger partial charge in [0.15, 0.2) is 11.5 Å². The summed E-state index contributed by atoms with van der Waals surface area (Å²) in [7, 11) is 1.59. The van der Waals surface area contributed by atoms with E-state index in [0.717, 1.165) is 12.1 Å². The molecule has 0 aliphatic carbocycles. The number of amides is 1. The van der Waals surface area contributed by atoms with E-state index in [9.17, 15) is 4.79 Å². The largest absolute Gasteiger partial charge is 0.493 e. The van der Waals surface area contributed by atoms with Gasteiger partial charge in [0, 0.05) is 17.8 Å². The molecule has 0 fully saturated rings. The first-order valence-corrected chi connectivity index (χ1v) is 8.30. The van der Waals surface area contributed by atoms with Crippen LogP contribution in [-0.4, -0.2) is 26.2 Å². The van der Waals surface area contributed by atoms with Gasteiger partial charge in [-0.25, -0.2) is 0 Å². The Labute approximate surface area is 143 Å². The zero-order valence-electron chi connectivity index (χ0n) is 14.4. The second-order valence-electron chi connectivity index (χ2n) is 6.41. The molecule has 2 aromatic rings. The van der Waals surface area contributed by atoms with Gasteiger partial charge in [-0.3, -0.25) is 4.79 Å². The van der Waals surface area contributed by atoms with E-state index in [0.29, 0.717) is 36.1 Å². The number of nitrogens with zero attached hydrogens (tertiary/aromatic N) is 1. The van der Waals surface area contributed by atoms with Gasteiger partial charge in [-0.05, 0) is 42.2 Å². The summed E-state index contributed by atoms with van der Waals surface area (Å²) in [6.45, 7) is 5.51. The fraction of sp³-hybridized carbons (Fsp3) is 0.350. The Morgan fingerprint density at radius 2 is 1.96 bits per heavy atom. The number of rotatable bonds is 5. The number of anilines is 1. The smallest absolute Gasteiger partial charge is 0.258 e. The molecule has 0 unspecified atom stereocenters. The zero-order chi connectivity index (χ0) is 17.1. The summed E-state index contributed by atoms with van der Waals surface area (Å²) in [5, 5.41) is 0. The lowest BCUT2D eigenvalue weighted by molar-refractivity contribution is 0.0989. The van der Waals surface area contributed by atoms with Crippen molar-refractivity contribution in [3.63, 3.8) is 0 Å². The van der Waals surface area contributed by atoms with Gasteiger partial charge in [0.2, 0.25) is 0 Å². The molecule has 0 radical (unpaired) electrons. The Morgan fingerprint density at radius 1 is 1.17 bits per heavy atom. The summed E-state index contributed by atoms with van der Waals surface area (Å²) in [5.74, 6) is 1.68. The van der Waals surface area contributed by atoms with Crippen LogP contribution in [-0.2, 0) is 6.42 Å². The van der Waals surface area contributed by atoms with E-state index >= 15 is 0 Å². The zero-order valence-corrected chi connectivity index (χ0v) is 14.4. The Morgan fingerprint density at radius 3 is 2.71 bits per heavy atom. The summed E-state index contributed by atoms with van der Waals surface area (Å²) >= 11 is 0. The molecule has 1 heterocycles. The van der Waals surface area contributed by atoms with E-state index in [1.54, 1.807) is 19.2 Å². The molecule has 4 nitrogen and oxygen atoms in total. The number of hydrogen-bond acceptors (Lipinski definition) is 3. The Balaban J connectivity index is 1.83. The molecule has 0 atom stereocenters. The molecule has 0 saturated carbocycles. The molecule has 24 heavy (non-hydrogen) atoms. The minimum absolute atomic E-state index is 0.00587. The number of methoxy groups -OCH3 is 1. The predicted molar refractivity (Wildman–Crippen MR) is 95.1 cm³/mol. The topological polar surface area (TPSA) is 38.8 Å². The molecule has 1 aliphatic heterocycles. The maximum Gasteiger partial charge on any atom is 0.258 e. The van der Waals surface area contributed by atoms with Crippen molar-refractivity contribution in [3.8, 4) is 11.5 Å². The molecule has 4 heteroatoms. The highest BCUT2D eigenvalue weighted by Gasteiger charge is 2.25. The number of fused-ring (bicyclic) bond motifs is 1. The van der Waals surface area contributed by atoms with Crippen molar-refractivity contribution in [2.24, 2.45) is 5.92 Å². The highest BCUT2D eigenvalue weighted by atomic mass is 16.5. The normalized spacial score (nSPS) is 13.1. The first kappa shape index (κ1) is 16.4. The van der Waals surface area contributed by atoms with Crippen molar-refractivity contribution in [3.05, 3.63) is 53.6 Å². The second kappa shape index (κ2) is 6.95. The van der Waals surface area contributed by atoms with Crippen LogP contribution in [0.25, 0.3) is 0 Å². The summed E-state index contributed by atoms with van der Waals surface area (Å²) in [5.41, 5.74) is 2.83. The predicted octanol–water partition coefficient (Wildman–Crippen LogP) is 3.93.